The number of carbonyl (C=O) groups is 1. The lowest BCUT2D eigenvalue weighted by Crippen LogP contribution is -2.51. The molecule has 1 aromatic carbocycles. The van der Waals surface area contributed by atoms with Crippen LogP contribution in [0.3, 0.4) is 0 Å². The van der Waals surface area contributed by atoms with Crippen LogP contribution < -0.4 is 0 Å². The van der Waals surface area contributed by atoms with E-state index in [2.05, 4.69) is 27.0 Å². The van der Waals surface area contributed by atoms with Crippen molar-refractivity contribution in [1.82, 2.24) is 28.6 Å². The van der Waals surface area contributed by atoms with Gasteiger partial charge in [0.25, 0.3) is 0 Å². The molecular weight excluding hydrogens is 558 g/mol. The van der Waals surface area contributed by atoms with E-state index >= 15 is 0 Å². The molecule has 3 heterocycles. The van der Waals surface area contributed by atoms with E-state index in [0.717, 1.165) is 35.4 Å². The molecule has 0 spiro atoms. The van der Waals surface area contributed by atoms with Crippen molar-refractivity contribution in [1.29, 1.82) is 0 Å². The van der Waals surface area contributed by atoms with E-state index in [1.165, 1.54) is 41.5 Å². The van der Waals surface area contributed by atoms with Crippen LogP contribution in [-0.4, -0.2) is 56.6 Å². The maximum absolute atomic E-state index is 14.5. The molecule has 0 radical (unpaired) electrons. The van der Waals surface area contributed by atoms with Crippen molar-refractivity contribution in [3.8, 4) is 5.69 Å². The van der Waals surface area contributed by atoms with Crippen molar-refractivity contribution in [3.05, 3.63) is 95.3 Å². The summed E-state index contributed by atoms with van der Waals surface area (Å²) in [4.78, 5) is 23.0. The van der Waals surface area contributed by atoms with Gasteiger partial charge in [0, 0.05) is 49.0 Å². The Balaban J connectivity index is 1.32. The van der Waals surface area contributed by atoms with Crippen LogP contribution in [0.2, 0.25) is 0 Å². The van der Waals surface area contributed by atoms with Gasteiger partial charge in [-0.3, -0.25) is 14.5 Å². The molecule has 2 fully saturated rings. The highest BCUT2D eigenvalue weighted by Crippen LogP contribution is 2.52. The van der Waals surface area contributed by atoms with Crippen molar-refractivity contribution in [2.75, 3.05) is 0 Å². The van der Waals surface area contributed by atoms with Gasteiger partial charge < -0.3 is 4.57 Å². The number of rotatable bonds is 7. The van der Waals surface area contributed by atoms with Gasteiger partial charge in [-0.25, -0.2) is 22.3 Å². The molecule has 0 bridgehead atoms. The molecule has 0 saturated heterocycles. The molecule has 0 N–H and O–H groups in total. The van der Waals surface area contributed by atoms with E-state index in [0.29, 0.717) is 25.7 Å². The molecule has 3 atom stereocenters. The molecule has 3 aliphatic rings. The summed E-state index contributed by atoms with van der Waals surface area (Å²) in [6.07, 6.45) is 10.6. The fourth-order valence-corrected chi connectivity index (χ4v) is 8.70. The van der Waals surface area contributed by atoms with Gasteiger partial charge in [0.05, 0.1) is 15.1 Å². The summed E-state index contributed by atoms with van der Waals surface area (Å²) in [6.45, 7) is 0. The molecule has 8 nitrogen and oxygen atoms in total. The predicted octanol–water partition coefficient (Wildman–Crippen LogP) is 4.80. The number of allylic oxidation sites excluding steroid dienone is 1. The quantitative estimate of drug-likeness (QED) is 0.229. The minimum Gasteiger partial charge on any atom is -0.317 e. The molecule has 7 rings (SSSR count). The van der Waals surface area contributed by atoms with E-state index in [9.17, 15) is 17.8 Å². The number of benzene rings is 1. The topological polar surface area (TPSA) is 85.9 Å². The Hall–Kier alpha value is -3.96. The van der Waals surface area contributed by atoms with Crippen LogP contribution in [0.4, 0.5) is 8.78 Å². The molecule has 216 valence electrons. The van der Waals surface area contributed by atoms with Crippen molar-refractivity contribution >= 4 is 27.4 Å². The zero-order chi connectivity index (χ0) is 29.2. The maximum atomic E-state index is 14.5. The molecule has 3 aromatic heterocycles. The van der Waals surface area contributed by atoms with Crippen molar-refractivity contribution < 1.29 is 17.8 Å². The molecular formula is C31H30F2N6O2S. The maximum Gasteiger partial charge on any atom is 0.244 e. The Labute approximate surface area is 242 Å². The average Bonchev–Trinajstić information content (AvgIpc) is 3.55. The fraction of sp³-hybridized carbons (Fsp3) is 0.323. The summed E-state index contributed by atoms with van der Waals surface area (Å²) in [7, 11) is -1.30. The van der Waals surface area contributed by atoms with E-state index in [4.69, 9.17) is 0 Å². The standard InChI is InChI=1S/C31H30F2N6O2S/c1-37-19-35-30(36-37)42(2,41)39(25-9-10-25)26-6-3-21-15-28-20(12-14-38(28)24-7-4-22(32)5-8-24)17-31(21,18-26)29(40)27-16-23(33)11-13-34-27/h4-5,7-8,11-16,19,25-26H,2-3,6,9-10,17-18H2,1H3/t26-,31-,42?/m0/s1. The molecule has 42 heavy (non-hydrogen) atoms. The van der Waals surface area contributed by atoms with E-state index < -0.39 is 20.9 Å². The first-order valence-corrected chi connectivity index (χ1v) is 15.7. The monoisotopic (exact) mass is 588 g/mol. The number of Topliss-reactive ketones (excluding diaryl/α,β-unsaturated/α-hetero) is 1. The number of halogens is 2. The summed E-state index contributed by atoms with van der Waals surface area (Å²) >= 11 is 0. The predicted molar refractivity (Wildman–Crippen MR) is 155 cm³/mol. The number of fused-ring (bicyclic) bond motifs is 2. The lowest BCUT2D eigenvalue weighted by atomic mass is 9.60. The zero-order valence-corrected chi connectivity index (χ0v) is 23.9. The third-order valence-corrected chi connectivity index (χ3v) is 10.8. The van der Waals surface area contributed by atoms with Crippen LogP contribution >= 0.6 is 0 Å². The van der Waals surface area contributed by atoms with Gasteiger partial charge in [-0.2, -0.15) is 0 Å². The van der Waals surface area contributed by atoms with Crippen molar-refractivity contribution in [2.24, 2.45) is 12.5 Å². The van der Waals surface area contributed by atoms with E-state index in [-0.39, 0.29) is 34.5 Å². The first-order chi connectivity index (χ1) is 20.2. The Morgan fingerprint density at radius 1 is 1.07 bits per heavy atom. The molecule has 1 unspecified atom stereocenters. The van der Waals surface area contributed by atoms with E-state index in [1.807, 2.05) is 21.1 Å². The number of hydrogen-bond donors (Lipinski definition) is 0. The molecule has 11 heteroatoms. The summed E-state index contributed by atoms with van der Waals surface area (Å²) < 4.78 is 47.8. The number of hydrogen-bond acceptors (Lipinski definition) is 5. The number of pyridine rings is 1. The van der Waals surface area contributed by atoms with Gasteiger partial charge >= 0.3 is 0 Å². The molecule has 2 saturated carbocycles. The van der Waals surface area contributed by atoms with Crippen LogP contribution in [0.25, 0.3) is 11.8 Å². The lowest BCUT2D eigenvalue weighted by molar-refractivity contribution is 0.0735. The molecule has 3 aliphatic carbocycles. The number of aryl methyl sites for hydroxylation is 1. The molecule has 0 aliphatic heterocycles. The summed E-state index contributed by atoms with van der Waals surface area (Å²) in [5.74, 6) is 3.05. The van der Waals surface area contributed by atoms with Gasteiger partial charge in [-0.1, -0.05) is 5.57 Å². The summed E-state index contributed by atoms with van der Waals surface area (Å²) in [5.41, 5.74) is 2.70. The minimum absolute atomic E-state index is 0.0625. The van der Waals surface area contributed by atoms with Crippen molar-refractivity contribution in [3.63, 3.8) is 0 Å². The first-order valence-electron chi connectivity index (χ1n) is 14.0. The van der Waals surface area contributed by atoms with Gasteiger partial charge in [0.1, 0.15) is 23.7 Å². The lowest BCUT2D eigenvalue weighted by Gasteiger charge is -2.47. The highest BCUT2D eigenvalue weighted by molar-refractivity contribution is 7.98. The Morgan fingerprint density at radius 2 is 1.86 bits per heavy atom. The SMILES string of the molecule is C=S(=O)(c1ncn(C)n1)N(C1CC1)[C@H]1CCC2=Cc3c(ccn3-c3ccc(F)cc3)C[C@]2(C(=O)c2cc(F)ccn2)C1. The smallest absolute Gasteiger partial charge is 0.244 e. The number of ketones is 1. The van der Waals surface area contributed by atoms with Crippen LogP contribution in [0, 0.1) is 17.0 Å². The third-order valence-electron chi connectivity index (χ3n) is 8.73. The van der Waals surface area contributed by atoms with Gasteiger partial charge in [0.2, 0.25) is 5.16 Å². The Bertz CT molecular complexity index is 1840. The Kier molecular flexibility index (Phi) is 6.28. The summed E-state index contributed by atoms with van der Waals surface area (Å²) in [6, 6.07) is 10.5. The highest BCUT2D eigenvalue weighted by Gasteiger charge is 2.53. The third kappa shape index (κ3) is 4.42. The average molecular weight is 589 g/mol. The zero-order valence-electron chi connectivity index (χ0n) is 23.1. The van der Waals surface area contributed by atoms with E-state index in [1.54, 1.807) is 19.2 Å². The molecule has 4 aromatic rings. The Morgan fingerprint density at radius 3 is 2.55 bits per heavy atom. The second-order valence-corrected chi connectivity index (χ2v) is 13.6. The first kappa shape index (κ1) is 26.9. The normalized spacial score (nSPS) is 23.1. The van der Waals surface area contributed by atoms with Gasteiger partial charge in [-0.15, -0.1) is 5.10 Å². The summed E-state index contributed by atoms with van der Waals surface area (Å²) in [5, 5.41) is 4.52. The number of carbonyl (C=O) groups excluding carboxylic acids is 1. The van der Waals surface area contributed by atoms with Crippen LogP contribution in [0.15, 0.2) is 71.9 Å². The second-order valence-electron chi connectivity index (χ2n) is 11.5. The molecule has 0 amide bonds. The van der Waals surface area contributed by atoms with Crippen molar-refractivity contribution in [2.45, 2.75) is 55.8 Å². The van der Waals surface area contributed by atoms with Gasteiger partial charge in [0.15, 0.2) is 5.78 Å². The van der Waals surface area contributed by atoms with Gasteiger partial charge in [-0.05, 0) is 92.4 Å². The number of aromatic nitrogens is 5. The van der Waals surface area contributed by atoms with Crippen LogP contribution in [0.1, 0.15) is 53.8 Å². The minimum atomic E-state index is -3.03. The van der Waals surface area contributed by atoms with Crippen LogP contribution in [0.5, 0.6) is 0 Å². The second kappa shape index (κ2) is 9.81. The number of nitrogens with zero attached hydrogens (tertiary/aromatic N) is 6. The highest BCUT2D eigenvalue weighted by atomic mass is 32.2. The van der Waals surface area contributed by atoms with Crippen LogP contribution in [-0.2, 0) is 23.2 Å². The largest absolute Gasteiger partial charge is 0.317 e. The fourth-order valence-electron chi connectivity index (χ4n) is 6.69.